The van der Waals surface area contributed by atoms with E-state index >= 15 is 0 Å². The number of aromatic nitrogens is 2. The summed E-state index contributed by atoms with van der Waals surface area (Å²) in [5.41, 5.74) is 0.587. The maximum atomic E-state index is 13.5. The van der Waals surface area contributed by atoms with Crippen molar-refractivity contribution in [2.24, 2.45) is 0 Å². The first-order valence-electron chi connectivity index (χ1n) is 10.7. The van der Waals surface area contributed by atoms with Crippen LogP contribution in [0.3, 0.4) is 0 Å². The van der Waals surface area contributed by atoms with Gasteiger partial charge in [-0.1, -0.05) is 44.6 Å². The average molecular weight is 467 g/mol. The molecule has 1 unspecified atom stereocenters. The number of amides is 2. The molecule has 2 heterocycles. The minimum absolute atomic E-state index is 0.114. The zero-order valence-corrected chi connectivity index (χ0v) is 19.3. The maximum absolute atomic E-state index is 13.5. The molecule has 0 saturated heterocycles. The number of halogens is 1. The molecule has 0 bridgehead atoms. The van der Waals surface area contributed by atoms with E-state index in [-0.39, 0.29) is 34.9 Å². The first kappa shape index (κ1) is 24.6. The maximum Gasteiger partial charge on any atom is 0.252 e. The van der Waals surface area contributed by atoms with E-state index in [0.717, 1.165) is 11.0 Å². The van der Waals surface area contributed by atoms with Gasteiger partial charge in [-0.25, -0.2) is 4.39 Å². The van der Waals surface area contributed by atoms with Crippen molar-refractivity contribution in [3.63, 3.8) is 0 Å². The normalized spacial score (nSPS) is 12.1. The monoisotopic (exact) mass is 466 g/mol. The van der Waals surface area contributed by atoms with Gasteiger partial charge in [-0.3, -0.25) is 19.5 Å². The SMILES string of the molecule is C=CC(=O)N(c1cc(C(C)(C)C)on1)C(C(=O)NCCc1cccc(F)c1)c1cncc(O)c1. The number of pyridine rings is 1. The summed E-state index contributed by atoms with van der Waals surface area (Å²) in [5, 5.41) is 16.8. The molecule has 34 heavy (non-hydrogen) atoms. The Balaban J connectivity index is 1.95. The molecule has 0 spiro atoms. The Labute approximate surface area is 197 Å². The molecule has 9 heteroatoms. The molecular weight excluding hydrogens is 439 g/mol. The molecule has 3 rings (SSSR count). The molecule has 0 radical (unpaired) electrons. The highest BCUT2D eigenvalue weighted by atomic mass is 19.1. The average Bonchev–Trinajstić information content (AvgIpc) is 3.27. The van der Waals surface area contributed by atoms with Crippen LogP contribution in [-0.4, -0.2) is 33.6 Å². The van der Waals surface area contributed by atoms with Gasteiger partial charge in [0.15, 0.2) is 5.82 Å². The van der Waals surface area contributed by atoms with Gasteiger partial charge in [-0.2, -0.15) is 0 Å². The van der Waals surface area contributed by atoms with Crippen LogP contribution in [0.2, 0.25) is 0 Å². The minimum atomic E-state index is -1.23. The quantitative estimate of drug-likeness (QED) is 0.489. The van der Waals surface area contributed by atoms with Gasteiger partial charge in [0, 0.05) is 29.8 Å². The van der Waals surface area contributed by atoms with Crippen molar-refractivity contribution in [1.82, 2.24) is 15.5 Å². The third kappa shape index (κ3) is 5.86. The fourth-order valence-corrected chi connectivity index (χ4v) is 3.34. The summed E-state index contributed by atoms with van der Waals surface area (Å²) in [6, 6.07) is 7.78. The summed E-state index contributed by atoms with van der Waals surface area (Å²) in [7, 11) is 0. The Morgan fingerprint density at radius 2 is 2.03 bits per heavy atom. The summed E-state index contributed by atoms with van der Waals surface area (Å²) in [6.45, 7) is 9.50. The van der Waals surface area contributed by atoms with Crippen LogP contribution < -0.4 is 10.2 Å². The second-order valence-corrected chi connectivity index (χ2v) is 8.76. The third-order valence-corrected chi connectivity index (χ3v) is 5.06. The molecule has 2 amide bonds. The van der Waals surface area contributed by atoms with Crippen molar-refractivity contribution < 1.29 is 23.6 Å². The highest BCUT2D eigenvalue weighted by Crippen LogP contribution is 2.32. The van der Waals surface area contributed by atoms with E-state index in [1.165, 1.54) is 30.6 Å². The zero-order valence-electron chi connectivity index (χ0n) is 19.3. The van der Waals surface area contributed by atoms with Gasteiger partial charge in [-0.15, -0.1) is 0 Å². The second kappa shape index (κ2) is 10.3. The summed E-state index contributed by atoms with van der Waals surface area (Å²) in [4.78, 5) is 31.4. The van der Waals surface area contributed by atoms with Crippen molar-refractivity contribution in [1.29, 1.82) is 0 Å². The number of hydrogen-bond donors (Lipinski definition) is 2. The van der Waals surface area contributed by atoms with Gasteiger partial charge in [0.05, 0.1) is 6.20 Å². The lowest BCUT2D eigenvalue weighted by atomic mass is 9.93. The topological polar surface area (TPSA) is 109 Å². The third-order valence-electron chi connectivity index (χ3n) is 5.06. The Hall–Kier alpha value is -4.01. The molecule has 3 aromatic rings. The molecule has 1 aromatic carbocycles. The molecule has 0 aliphatic heterocycles. The van der Waals surface area contributed by atoms with Gasteiger partial charge < -0.3 is 14.9 Å². The van der Waals surface area contributed by atoms with Gasteiger partial charge >= 0.3 is 0 Å². The second-order valence-electron chi connectivity index (χ2n) is 8.76. The predicted octanol–water partition coefficient (Wildman–Crippen LogP) is 3.83. The zero-order chi connectivity index (χ0) is 24.9. The lowest BCUT2D eigenvalue weighted by Gasteiger charge is -2.28. The molecule has 2 N–H and O–H groups in total. The highest BCUT2D eigenvalue weighted by molar-refractivity contribution is 6.05. The first-order chi connectivity index (χ1) is 16.1. The van der Waals surface area contributed by atoms with E-state index in [9.17, 15) is 19.1 Å². The Morgan fingerprint density at radius 1 is 1.26 bits per heavy atom. The molecule has 1 atom stereocenters. The van der Waals surface area contributed by atoms with E-state index in [0.29, 0.717) is 17.7 Å². The fourth-order valence-electron chi connectivity index (χ4n) is 3.34. The number of aromatic hydroxyl groups is 1. The molecule has 0 aliphatic rings. The smallest absolute Gasteiger partial charge is 0.252 e. The van der Waals surface area contributed by atoms with Gasteiger partial charge in [0.2, 0.25) is 5.91 Å². The number of rotatable bonds is 8. The molecule has 8 nitrogen and oxygen atoms in total. The summed E-state index contributed by atoms with van der Waals surface area (Å²) in [6.07, 6.45) is 4.04. The van der Waals surface area contributed by atoms with Crippen molar-refractivity contribution in [2.75, 3.05) is 11.4 Å². The van der Waals surface area contributed by atoms with E-state index in [1.807, 2.05) is 20.8 Å². The Bertz CT molecular complexity index is 1190. The minimum Gasteiger partial charge on any atom is -0.506 e. The lowest BCUT2D eigenvalue weighted by molar-refractivity contribution is -0.125. The van der Waals surface area contributed by atoms with Gasteiger partial charge in [0.1, 0.15) is 23.4 Å². The summed E-state index contributed by atoms with van der Waals surface area (Å²) >= 11 is 0. The van der Waals surface area contributed by atoms with Crippen LogP contribution in [0.5, 0.6) is 5.75 Å². The van der Waals surface area contributed by atoms with Crippen molar-refractivity contribution >= 4 is 17.6 Å². The predicted molar refractivity (Wildman–Crippen MR) is 125 cm³/mol. The van der Waals surface area contributed by atoms with E-state index < -0.39 is 17.9 Å². The van der Waals surface area contributed by atoms with Crippen LogP contribution in [-0.2, 0) is 21.4 Å². The lowest BCUT2D eigenvalue weighted by Crippen LogP contribution is -2.44. The number of carbonyl (C=O) groups is 2. The van der Waals surface area contributed by atoms with E-state index in [2.05, 4.69) is 22.0 Å². The number of nitrogens with one attached hydrogen (secondary N) is 1. The van der Waals surface area contributed by atoms with E-state index in [1.54, 1.807) is 18.2 Å². The number of hydrogen-bond acceptors (Lipinski definition) is 6. The molecule has 2 aromatic heterocycles. The number of carbonyl (C=O) groups excluding carboxylic acids is 2. The van der Waals surface area contributed by atoms with Crippen LogP contribution in [0.4, 0.5) is 10.2 Å². The van der Waals surface area contributed by atoms with Crippen molar-refractivity contribution in [2.45, 2.75) is 38.6 Å². The van der Waals surface area contributed by atoms with Crippen molar-refractivity contribution in [3.8, 4) is 5.75 Å². The van der Waals surface area contributed by atoms with Crippen LogP contribution >= 0.6 is 0 Å². The van der Waals surface area contributed by atoms with Gasteiger partial charge in [-0.05, 0) is 36.3 Å². The highest BCUT2D eigenvalue weighted by Gasteiger charge is 2.35. The van der Waals surface area contributed by atoms with Crippen molar-refractivity contribution in [3.05, 3.63) is 84.2 Å². The number of benzene rings is 1. The molecule has 0 aliphatic carbocycles. The molecule has 0 saturated carbocycles. The number of anilines is 1. The first-order valence-corrected chi connectivity index (χ1v) is 10.7. The van der Waals surface area contributed by atoms with Crippen LogP contribution in [0.25, 0.3) is 0 Å². The fraction of sp³-hybridized carbons (Fsp3) is 0.280. The van der Waals surface area contributed by atoms with Crippen LogP contribution in [0.1, 0.15) is 43.7 Å². The molecular formula is C25H27FN4O4. The van der Waals surface area contributed by atoms with Gasteiger partial charge in [0.25, 0.3) is 5.91 Å². The number of nitrogens with zero attached hydrogens (tertiary/aromatic N) is 3. The summed E-state index contributed by atoms with van der Waals surface area (Å²) in [5.74, 6) is -1.04. The van der Waals surface area contributed by atoms with Crippen LogP contribution in [0.15, 0.2) is 66.0 Å². The standard InChI is InChI=1S/C25H27FN4O4/c1-5-22(32)30(21-13-20(34-29-21)25(2,3)4)23(17-12-19(31)15-27-14-17)24(33)28-10-9-16-7-6-8-18(26)11-16/h5-8,11-15,23,31H,1,9-10H2,2-4H3,(H,28,33). The Morgan fingerprint density at radius 3 is 2.65 bits per heavy atom. The molecule has 178 valence electrons. The Kier molecular flexibility index (Phi) is 7.45. The summed E-state index contributed by atoms with van der Waals surface area (Å²) < 4.78 is 18.9. The van der Waals surface area contributed by atoms with Crippen LogP contribution in [0, 0.1) is 5.82 Å². The molecule has 0 fully saturated rings. The van der Waals surface area contributed by atoms with E-state index in [4.69, 9.17) is 4.52 Å². The largest absolute Gasteiger partial charge is 0.506 e.